The molecule has 0 fully saturated rings. The van der Waals surface area contributed by atoms with Gasteiger partial charge in [0.2, 0.25) is 10.0 Å². The van der Waals surface area contributed by atoms with Gasteiger partial charge in [0.25, 0.3) is 5.91 Å². The first kappa shape index (κ1) is 24.2. The van der Waals surface area contributed by atoms with Crippen LogP contribution in [0.4, 0.5) is 5.69 Å². The summed E-state index contributed by atoms with van der Waals surface area (Å²) in [5, 5.41) is 2.60. The Morgan fingerprint density at radius 3 is 2.21 bits per heavy atom. The van der Waals surface area contributed by atoms with E-state index in [1.165, 1.54) is 26.2 Å². The maximum atomic E-state index is 12.4. The number of nitrogens with zero attached hydrogens (tertiary/aromatic N) is 1. The number of esters is 1. The molecule has 0 aliphatic heterocycles. The smallest absolute Gasteiger partial charge is 0.340 e. The molecule has 0 aliphatic carbocycles. The number of sulfonamides is 1. The molecule has 0 saturated carbocycles. The molecule has 0 spiro atoms. The maximum Gasteiger partial charge on any atom is 0.340 e. The first-order chi connectivity index (χ1) is 15.7. The van der Waals surface area contributed by atoms with Crippen molar-refractivity contribution in [3.8, 4) is 11.5 Å². The molecule has 33 heavy (non-hydrogen) atoms. The number of amides is 1. The summed E-state index contributed by atoms with van der Waals surface area (Å²) in [4.78, 5) is 24.4. The quantitative estimate of drug-likeness (QED) is 0.477. The molecular weight excluding hydrogens is 468 g/mol. The van der Waals surface area contributed by atoms with Crippen LogP contribution in [0.1, 0.15) is 10.4 Å². The van der Waals surface area contributed by atoms with Gasteiger partial charge >= 0.3 is 5.97 Å². The first-order valence-electron chi connectivity index (χ1n) is 9.69. The fraction of sp³-hybridized carbons (Fsp3) is 0.130. The molecule has 1 amide bonds. The topological polar surface area (TPSA) is 102 Å². The van der Waals surface area contributed by atoms with E-state index >= 15 is 0 Å². The number of rotatable bonds is 8. The van der Waals surface area contributed by atoms with Gasteiger partial charge in [-0.15, -0.1) is 0 Å². The van der Waals surface area contributed by atoms with Gasteiger partial charge in [-0.25, -0.2) is 17.5 Å². The van der Waals surface area contributed by atoms with Crippen molar-refractivity contribution in [2.24, 2.45) is 0 Å². The highest BCUT2D eigenvalue weighted by Crippen LogP contribution is 2.24. The predicted octanol–water partition coefficient (Wildman–Crippen LogP) is 4.18. The minimum absolute atomic E-state index is 0.00659. The fourth-order valence-corrected chi connectivity index (χ4v) is 3.79. The molecule has 3 aromatic rings. The lowest BCUT2D eigenvalue weighted by atomic mass is 10.2. The van der Waals surface area contributed by atoms with Gasteiger partial charge in [0.1, 0.15) is 11.5 Å². The predicted molar refractivity (Wildman–Crippen MR) is 124 cm³/mol. The monoisotopic (exact) mass is 488 g/mol. The van der Waals surface area contributed by atoms with Crippen LogP contribution in [0, 0.1) is 0 Å². The molecule has 3 aromatic carbocycles. The second-order valence-corrected chi connectivity index (χ2v) is 9.55. The summed E-state index contributed by atoms with van der Waals surface area (Å²) in [6.45, 7) is -0.581. The SMILES string of the molecule is CN(C)S(=O)(=O)c1ccc(Cl)c(C(=O)OCC(=O)Nc2ccc(Oc3ccccc3)cc2)c1. The lowest BCUT2D eigenvalue weighted by Crippen LogP contribution is -2.23. The van der Waals surface area contributed by atoms with Gasteiger partial charge in [0.05, 0.1) is 15.5 Å². The zero-order chi connectivity index (χ0) is 24.0. The largest absolute Gasteiger partial charge is 0.457 e. The molecule has 0 heterocycles. The Bertz CT molecular complexity index is 1250. The molecule has 0 radical (unpaired) electrons. The van der Waals surface area contributed by atoms with Crippen LogP contribution in [-0.2, 0) is 19.6 Å². The van der Waals surface area contributed by atoms with Crippen LogP contribution < -0.4 is 10.1 Å². The van der Waals surface area contributed by atoms with E-state index < -0.39 is 28.5 Å². The summed E-state index contributed by atoms with van der Waals surface area (Å²) in [5.41, 5.74) is 0.323. The lowest BCUT2D eigenvalue weighted by molar-refractivity contribution is -0.119. The van der Waals surface area contributed by atoms with E-state index in [2.05, 4.69) is 5.32 Å². The van der Waals surface area contributed by atoms with Crippen LogP contribution in [0.25, 0.3) is 0 Å². The first-order valence-corrected chi connectivity index (χ1v) is 11.5. The van der Waals surface area contributed by atoms with Gasteiger partial charge in [0.15, 0.2) is 6.61 Å². The number of benzene rings is 3. The average Bonchev–Trinajstić information content (AvgIpc) is 2.79. The van der Waals surface area contributed by atoms with Crippen molar-refractivity contribution >= 4 is 39.2 Å². The third-order valence-electron chi connectivity index (χ3n) is 4.39. The second-order valence-electron chi connectivity index (χ2n) is 6.99. The van der Waals surface area contributed by atoms with Crippen molar-refractivity contribution in [1.82, 2.24) is 4.31 Å². The molecule has 3 rings (SSSR count). The standard InChI is InChI=1S/C23H21ClN2O6S/c1-26(2)33(29,30)19-12-13-21(24)20(14-19)23(28)31-15-22(27)25-16-8-10-18(11-9-16)32-17-6-4-3-5-7-17/h3-14H,15H2,1-2H3,(H,25,27). The normalized spacial score (nSPS) is 11.2. The maximum absolute atomic E-state index is 12.4. The third kappa shape index (κ3) is 6.32. The summed E-state index contributed by atoms with van der Waals surface area (Å²) in [5.74, 6) is -0.221. The highest BCUT2D eigenvalue weighted by atomic mass is 35.5. The van der Waals surface area contributed by atoms with E-state index in [0.717, 1.165) is 10.4 Å². The number of nitrogens with one attached hydrogen (secondary N) is 1. The number of ether oxygens (including phenoxy) is 2. The number of carbonyl (C=O) groups excluding carboxylic acids is 2. The fourth-order valence-electron chi connectivity index (χ4n) is 2.67. The summed E-state index contributed by atoms with van der Waals surface area (Å²) >= 11 is 6.02. The molecule has 0 aliphatic rings. The molecule has 172 valence electrons. The number of anilines is 1. The third-order valence-corrected chi connectivity index (χ3v) is 6.53. The molecule has 0 aromatic heterocycles. The van der Waals surface area contributed by atoms with Crippen molar-refractivity contribution in [2.45, 2.75) is 4.90 Å². The van der Waals surface area contributed by atoms with Crippen molar-refractivity contribution in [3.05, 3.63) is 83.4 Å². The van der Waals surface area contributed by atoms with Gasteiger partial charge in [-0.3, -0.25) is 4.79 Å². The van der Waals surface area contributed by atoms with Gasteiger partial charge in [-0.2, -0.15) is 0 Å². The highest BCUT2D eigenvalue weighted by Gasteiger charge is 2.22. The highest BCUT2D eigenvalue weighted by molar-refractivity contribution is 7.89. The Labute approximate surface area is 196 Å². The van der Waals surface area contributed by atoms with E-state index in [4.69, 9.17) is 21.1 Å². The Hall–Kier alpha value is -3.40. The number of carbonyl (C=O) groups is 2. The van der Waals surface area contributed by atoms with Crippen LogP contribution in [0.3, 0.4) is 0 Å². The minimum Gasteiger partial charge on any atom is -0.457 e. The zero-order valence-corrected chi connectivity index (χ0v) is 19.4. The molecule has 0 unspecified atom stereocenters. The van der Waals surface area contributed by atoms with Gasteiger partial charge in [-0.05, 0) is 54.6 Å². The summed E-state index contributed by atoms with van der Waals surface area (Å²) in [6, 6.07) is 19.6. The van der Waals surface area contributed by atoms with Crippen molar-refractivity contribution < 1.29 is 27.5 Å². The number of hydrogen-bond acceptors (Lipinski definition) is 6. The Morgan fingerprint density at radius 1 is 0.939 bits per heavy atom. The van der Waals surface area contributed by atoms with Crippen molar-refractivity contribution in [2.75, 3.05) is 26.0 Å². The molecule has 8 nitrogen and oxygen atoms in total. The number of halogens is 1. The second kappa shape index (κ2) is 10.5. The van der Waals surface area contributed by atoms with E-state index in [1.54, 1.807) is 24.3 Å². The molecule has 0 atom stereocenters. The van der Waals surface area contributed by atoms with E-state index in [9.17, 15) is 18.0 Å². The van der Waals surface area contributed by atoms with Crippen LogP contribution in [0.5, 0.6) is 11.5 Å². The van der Waals surface area contributed by atoms with Crippen LogP contribution in [-0.4, -0.2) is 45.3 Å². The summed E-state index contributed by atoms with van der Waals surface area (Å²) in [7, 11) is -1.03. The molecular formula is C23H21ClN2O6S. The Kier molecular flexibility index (Phi) is 7.70. The minimum atomic E-state index is -3.77. The average molecular weight is 489 g/mol. The number of para-hydroxylation sites is 1. The van der Waals surface area contributed by atoms with Crippen molar-refractivity contribution in [1.29, 1.82) is 0 Å². The van der Waals surface area contributed by atoms with E-state index in [-0.39, 0.29) is 15.5 Å². The van der Waals surface area contributed by atoms with Gasteiger partial charge < -0.3 is 14.8 Å². The summed E-state index contributed by atoms with van der Waals surface area (Å²) < 4.78 is 36.2. The molecule has 0 bridgehead atoms. The summed E-state index contributed by atoms with van der Waals surface area (Å²) in [6.07, 6.45) is 0. The zero-order valence-electron chi connectivity index (χ0n) is 17.8. The Morgan fingerprint density at radius 2 is 1.58 bits per heavy atom. The Balaban J connectivity index is 1.58. The van der Waals surface area contributed by atoms with Crippen LogP contribution in [0.2, 0.25) is 5.02 Å². The van der Waals surface area contributed by atoms with Crippen LogP contribution in [0.15, 0.2) is 77.7 Å². The van der Waals surface area contributed by atoms with Crippen LogP contribution >= 0.6 is 11.6 Å². The van der Waals surface area contributed by atoms with Gasteiger partial charge in [0, 0.05) is 19.8 Å². The number of hydrogen-bond donors (Lipinski definition) is 1. The molecule has 0 saturated heterocycles. The van der Waals surface area contributed by atoms with E-state index in [1.807, 2.05) is 30.3 Å². The molecule has 10 heteroatoms. The van der Waals surface area contributed by atoms with E-state index in [0.29, 0.717) is 17.2 Å². The molecule has 1 N–H and O–H groups in total. The van der Waals surface area contributed by atoms with Gasteiger partial charge in [-0.1, -0.05) is 29.8 Å². The lowest BCUT2D eigenvalue weighted by Gasteiger charge is -2.13. The van der Waals surface area contributed by atoms with Crippen molar-refractivity contribution in [3.63, 3.8) is 0 Å².